The SMILES string of the molecule is CCC1(CC)c2cc(N=c3c(=O)c4ccccc4c3=O)sc2-c2sc(/N=C3\C(=O)c4ccccc4C3=C(C#N)C#N)cc21. The summed E-state index contributed by atoms with van der Waals surface area (Å²) in [6, 6.07) is 21.6. The van der Waals surface area contributed by atoms with Gasteiger partial charge in [-0.1, -0.05) is 62.4 Å². The van der Waals surface area contributed by atoms with Gasteiger partial charge in [-0.3, -0.25) is 14.4 Å². The first kappa shape index (κ1) is 26.8. The molecule has 0 saturated heterocycles. The number of hydrogen-bond donors (Lipinski definition) is 0. The molecule has 7 nitrogen and oxygen atoms in total. The summed E-state index contributed by atoms with van der Waals surface area (Å²) < 4.78 is 0. The number of Topliss-reactive ketones (excluding diaryl/α,β-unsaturated/α-hetero) is 1. The van der Waals surface area contributed by atoms with Crippen molar-refractivity contribution in [1.29, 1.82) is 10.5 Å². The minimum atomic E-state index is -0.360. The van der Waals surface area contributed by atoms with Crippen LogP contribution in [0.1, 0.15) is 53.7 Å². The zero-order chi connectivity index (χ0) is 30.0. The molecule has 2 aliphatic carbocycles. The highest BCUT2D eigenvalue weighted by Gasteiger charge is 2.44. The summed E-state index contributed by atoms with van der Waals surface area (Å²) in [5, 5.41) is 21.2. The van der Waals surface area contributed by atoms with Crippen molar-refractivity contribution in [2.45, 2.75) is 32.1 Å². The molecule has 0 N–H and O–H groups in total. The maximum atomic E-state index is 13.4. The summed E-state index contributed by atoms with van der Waals surface area (Å²) in [7, 11) is 0. The Kier molecular flexibility index (Phi) is 6.07. The maximum absolute atomic E-state index is 13.4. The summed E-state index contributed by atoms with van der Waals surface area (Å²) in [6.07, 6.45) is 1.60. The quantitative estimate of drug-likeness (QED) is 0.215. The number of nitriles is 2. The molecule has 2 aromatic heterocycles. The number of carbonyl (C=O) groups is 1. The first-order chi connectivity index (χ1) is 20.9. The number of ketones is 1. The van der Waals surface area contributed by atoms with Gasteiger partial charge >= 0.3 is 0 Å². The minimum absolute atomic E-state index is 0.0670. The third-order valence-electron chi connectivity index (χ3n) is 8.54. The van der Waals surface area contributed by atoms with E-state index in [1.807, 2.05) is 24.3 Å². The average Bonchev–Trinajstić information content (AvgIpc) is 3.80. The van der Waals surface area contributed by atoms with Crippen LogP contribution in [0.5, 0.6) is 0 Å². The summed E-state index contributed by atoms with van der Waals surface area (Å²) >= 11 is 2.88. The van der Waals surface area contributed by atoms with Gasteiger partial charge in [0.05, 0.1) is 9.75 Å². The number of benzene rings is 2. The number of rotatable bonds is 4. The van der Waals surface area contributed by atoms with E-state index in [9.17, 15) is 24.9 Å². The minimum Gasteiger partial charge on any atom is -0.287 e. The maximum Gasteiger partial charge on any atom is 0.216 e. The smallest absolute Gasteiger partial charge is 0.216 e. The van der Waals surface area contributed by atoms with Crippen molar-refractivity contribution in [3.05, 3.63) is 114 Å². The number of hydrogen-bond acceptors (Lipinski definition) is 9. The Labute approximate surface area is 253 Å². The lowest BCUT2D eigenvalue weighted by atomic mass is 9.75. The molecular formula is C34H20N4O3S2. The molecule has 0 aliphatic heterocycles. The predicted molar refractivity (Wildman–Crippen MR) is 169 cm³/mol. The zero-order valence-corrected chi connectivity index (χ0v) is 24.7. The predicted octanol–water partition coefficient (Wildman–Crippen LogP) is 6.65. The Morgan fingerprint density at radius 2 is 1.28 bits per heavy atom. The Morgan fingerprint density at radius 1 is 0.767 bits per heavy atom. The molecule has 0 spiro atoms. The van der Waals surface area contributed by atoms with Gasteiger partial charge in [0.15, 0.2) is 5.36 Å². The first-order valence-electron chi connectivity index (χ1n) is 13.7. The number of thiophene rings is 2. The van der Waals surface area contributed by atoms with E-state index in [0.717, 1.165) is 33.7 Å². The molecule has 0 unspecified atom stereocenters. The molecule has 0 bridgehead atoms. The fourth-order valence-corrected chi connectivity index (χ4v) is 8.82. The topological polar surface area (TPSA) is 124 Å². The second-order valence-corrected chi connectivity index (χ2v) is 12.5. The van der Waals surface area contributed by atoms with E-state index in [1.165, 1.54) is 22.7 Å². The van der Waals surface area contributed by atoms with Crippen LogP contribution in [0.2, 0.25) is 0 Å². The van der Waals surface area contributed by atoms with E-state index in [4.69, 9.17) is 4.99 Å². The van der Waals surface area contributed by atoms with Crippen LogP contribution in [-0.2, 0) is 5.41 Å². The fourth-order valence-electron chi connectivity index (χ4n) is 6.40. The molecule has 2 heterocycles. The Bertz CT molecular complexity index is 2300. The van der Waals surface area contributed by atoms with Crippen LogP contribution in [0.15, 0.2) is 85.8 Å². The van der Waals surface area contributed by atoms with Gasteiger partial charge in [-0.25, -0.2) is 9.98 Å². The highest BCUT2D eigenvalue weighted by Crippen LogP contribution is 2.60. The zero-order valence-electron chi connectivity index (χ0n) is 23.0. The van der Waals surface area contributed by atoms with E-state index in [0.29, 0.717) is 31.9 Å². The molecule has 0 saturated carbocycles. The Balaban J connectivity index is 1.40. The molecule has 3 aromatic carbocycles. The molecule has 43 heavy (non-hydrogen) atoms. The standard InChI is InChI=1S/C34H20N4O3S2/c1-3-34(4-2)22-13-24(37-27-26(17(15-35)16-36)18-9-5-6-10-19(18)29(27)39)42-32(22)33-23(34)14-25(43-33)38-28-30(40)20-11-7-8-12-21(20)31(28)41/h5-14H,3-4H2,1-2H3/b37-27-. The number of carbonyl (C=O) groups excluding carboxylic acids is 1. The van der Waals surface area contributed by atoms with Crippen molar-refractivity contribution in [3.63, 3.8) is 0 Å². The highest BCUT2D eigenvalue weighted by atomic mass is 32.1. The largest absolute Gasteiger partial charge is 0.287 e. The molecular weight excluding hydrogens is 577 g/mol. The van der Waals surface area contributed by atoms with Gasteiger partial charge in [-0.15, -0.1) is 22.7 Å². The lowest BCUT2D eigenvalue weighted by Crippen LogP contribution is -2.31. The number of fused-ring (bicyclic) bond motifs is 5. The third kappa shape index (κ3) is 3.66. The van der Waals surface area contributed by atoms with Crippen LogP contribution in [0, 0.1) is 22.7 Å². The summed E-state index contributed by atoms with van der Waals surface area (Å²) in [6.45, 7) is 4.25. The number of nitrogens with zero attached hydrogens (tertiary/aromatic N) is 4. The Hall–Kier alpha value is -5.09. The lowest BCUT2D eigenvalue weighted by Gasteiger charge is -2.27. The van der Waals surface area contributed by atoms with Crippen LogP contribution in [0.4, 0.5) is 10.0 Å². The second-order valence-electron chi connectivity index (χ2n) is 10.4. The van der Waals surface area contributed by atoms with Crippen LogP contribution >= 0.6 is 22.7 Å². The third-order valence-corrected chi connectivity index (χ3v) is 10.8. The van der Waals surface area contributed by atoms with Crippen molar-refractivity contribution in [2.75, 3.05) is 0 Å². The van der Waals surface area contributed by atoms with E-state index >= 15 is 0 Å². The molecule has 5 aromatic rings. The van der Waals surface area contributed by atoms with E-state index in [2.05, 4.69) is 18.8 Å². The highest BCUT2D eigenvalue weighted by molar-refractivity contribution is 7.26. The van der Waals surface area contributed by atoms with E-state index in [-0.39, 0.29) is 44.3 Å². The molecule has 0 fully saturated rings. The summed E-state index contributed by atoms with van der Waals surface area (Å²) in [5.74, 6) is -0.318. The molecule has 9 heteroatoms. The molecule has 7 rings (SSSR count). The normalized spacial score (nSPS) is 15.3. The molecule has 2 aliphatic rings. The van der Waals surface area contributed by atoms with Gasteiger partial charge in [0.2, 0.25) is 16.6 Å². The van der Waals surface area contributed by atoms with Gasteiger partial charge in [0.25, 0.3) is 0 Å². The first-order valence-corrected chi connectivity index (χ1v) is 15.3. The van der Waals surface area contributed by atoms with Crippen molar-refractivity contribution in [1.82, 2.24) is 0 Å². The second kappa shape index (κ2) is 9.74. The summed E-state index contributed by atoms with van der Waals surface area (Å²) in [4.78, 5) is 50.8. The number of allylic oxidation sites excluding steroid dienone is 2. The van der Waals surface area contributed by atoms with Crippen LogP contribution in [-0.4, -0.2) is 11.5 Å². The summed E-state index contributed by atoms with van der Waals surface area (Å²) in [5.41, 5.74) is 2.33. The van der Waals surface area contributed by atoms with Gasteiger partial charge in [-0.05, 0) is 41.7 Å². The van der Waals surface area contributed by atoms with Crippen molar-refractivity contribution < 1.29 is 4.79 Å². The Morgan fingerprint density at radius 3 is 1.81 bits per heavy atom. The van der Waals surface area contributed by atoms with Crippen molar-refractivity contribution in [2.24, 2.45) is 9.98 Å². The lowest BCUT2D eigenvalue weighted by molar-refractivity contribution is 0.107. The van der Waals surface area contributed by atoms with Crippen LogP contribution in [0.3, 0.4) is 0 Å². The van der Waals surface area contributed by atoms with E-state index in [1.54, 1.807) is 48.5 Å². The molecule has 0 amide bonds. The van der Waals surface area contributed by atoms with E-state index < -0.39 is 0 Å². The van der Waals surface area contributed by atoms with Crippen LogP contribution < -0.4 is 16.2 Å². The molecule has 0 radical (unpaired) electrons. The van der Waals surface area contributed by atoms with Crippen molar-refractivity contribution in [3.8, 4) is 21.9 Å². The van der Waals surface area contributed by atoms with Crippen molar-refractivity contribution >= 4 is 60.5 Å². The van der Waals surface area contributed by atoms with Gasteiger partial charge in [0, 0.05) is 27.3 Å². The van der Waals surface area contributed by atoms with Gasteiger partial charge in [-0.2, -0.15) is 10.5 Å². The fraction of sp³-hybridized carbons (Fsp3) is 0.147. The molecule has 206 valence electrons. The average molecular weight is 597 g/mol. The molecule has 0 atom stereocenters. The van der Waals surface area contributed by atoms with Gasteiger partial charge in [0.1, 0.15) is 33.4 Å². The monoisotopic (exact) mass is 596 g/mol. The van der Waals surface area contributed by atoms with Gasteiger partial charge < -0.3 is 0 Å². The number of aliphatic imine (C=N–C) groups is 1. The van der Waals surface area contributed by atoms with Crippen LogP contribution in [0.25, 0.3) is 26.1 Å².